The van der Waals surface area contributed by atoms with Gasteiger partial charge in [0.1, 0.15) is 5.82 Å². The first-order chi connectivity index (χ1) is 13.1. The molecular formula is C21H31N5O. The zero-order valence-electron chi connectivity index (χ0n) is 16.5. The van der Waals surface area contributed by atoms with E-state index in [1.54, 1.807) is 11.6 Å². The number of para-hydroxylation sites is 1. The molecule has 2 fully saturated rings. The number of rotatable bonds is 4. The van der Waals surface area contributed by atoms with Crippen LogP contribution in [0.15, 0.2) is 35.1 Å². The van der Waals surface area contributed by atoms with Gasteiger partial charge < -0.3 is 9.80 Å². The first-order valence-corrected chi connectivity index (χ1v) is 10.2. The van der Waals surface area contributed by atoms with Gasteiger partial charge in [0.05, 0.1) is 5.69 Å². The van der Waals surface area contributed by atoms with Gasteiger partial charge in [0.2, 0.25) is 0 Å². The molecule has 3 heterocycles. The maximum absolute atomic E-state index is 12.6. The van der Waals surface area contributed by atoms with E-state index in [9.17, 15) is 4.79 Å². The molecule has 0 spiro atoms. The quantitative estimate of drug-likeness (QED) is 0.828. The Labute approximate surface area is 161 Å². The Hall–Kier alpha value is -1.92. The summed E-state index contributed by atoms with van der Waals surface area (Å²) in [5, 5.41) is 4.60. The molecule has 0 amide bonds. The van der Waals surface area contributed by atoms with Gasteiger partial charge in [-0.1, -0.05) is 18.2 Å². The Kier molecular flexibility index (Phi) is 5.45. The molecule has 2 aliphatic heterocycles. The van der Waals surface area contributed by atoms with Crippen molar-refractivity contribution in [1.29, 1.82) is 0 Å². The van der Waals surface area contributed by atoms with E-state index >= 15 is 0 Å². The number of hydrogen-bond acceptors (Lipinski definition) is 4. The van der Waals surface area contributed by atoms with Crippen molar-refractivity contribution in [3.8, 4) is 5.69 Å². The molecule has 0 saturated carbocycles. The van der Waals surface area contributed by atoms with Crippen LogP contribution in [0.5, 0.6) is 0 Å². The van der Waals surface area contributed by atoms with E-state index in [4.69, 9.17) is 0 Å². The average molecular weight is 370 g/mol. The minimum Gasteiger partial charge on any atom is -0.306 e. The van der Waals surface area contributed by atoms with E-state index in [1.807, 2.05) is 30.3 Å². The molecule has 1 aromatic carbocycles. The number of benzene rings is 1. The summed E-state index contributed by atoms with van der Waals surface area (Å²) in [5.41, 5.74) is 0.865. The molecule has 0 bridgehead atoms. The van der Waals surface area contributed by atoms with E-state index in [1.165, 1.54) is 37.2 Å². The van der Waals surface area contributed by atoms with Crippen LogP contribution in [0.25, 0.3) is 5.69 Å². The van der Waals surface area contributed by atoms with Gasteiger partial charge in [-0.2, -0.15) is 5.10 Å². The molecule has 0 aliphatic carbocycles. The van der Waals surface area contributed by atoms with Gasteiger partial charge in [-0.05, 0) is 77.0 Å². The molecular weight excluding hydrogens is 338 g/mol. The third-order valence-electron chi connectivity index (χ3n) is 6.27. The van der Waals surface area contributed by atoms with Crippen LogP contribution in [-0.4, -0.2) is 63.9 Å². The molecule has 0 radical (unpaired) electrons. The fourth-order valence-electron chi connectivity index (χ4n) is 4.55. The highest BCUT2D eigenvalue weighted by Crippen LogP contribution is 2.29. The van der Waals surface area contributed by atoms with E-state index < -0.39 is 0 Å². The van der Waals surface area contributed by atoms with Gasteiger partial charge in [-0.15, -0.1) is 0 Å². The molecule has 27 heavy (non-hydrogen) atoms. The topological polar surface area (TPSA) is 46.3 Å². The fraction of sp³-hybridized carbons (Fsp3) is 0.619. The maximum Gasteiger partial charge on any atom is 0.350 e. The lowest BCUT2D eigenvalue weighted by atomic mass is 9.92. The molecule has 2 aromatic rings. The average Bonchev–Trinajstić information content (AvgIpc) is 3.00. The predicted molar refractivity (Wildman–Crippen MR) is 107 cm³/mol. The van der Waals surface area contributed by atoms with Crippen LogP contribution in [0.3, 0.4) is 0 Å². The molecule has 2 saturated heterocycles. The molecule has 6 heteroatoms. The smallest absolute Gasteiger partial charge is 0.306 e. The number of piperidine rings is 2. The van der Waals surface area contributed by atoms with Crippen LogP contribution >= 0.6 is 0 Å². The fourth-order valence-corrected chi connectivity index (χ4v) is 4.55. The van der Waals surface area contributed by atoms with Crippen LogP contribution in [0.4, 0.5) is 0 Å². The van der Waals surface area contributed by atoms with Crippen LogP contribution < -0.4 is 5.69 Å². The molecule has 146 valence electrons. The normalized spacial score (nSPS) is 21.0. The van der Waals surface area contributed by atoms with Gasteiger partial charge in [-0.25, -0.2) is 14.0 Å². The summed E-state index contributed by atoms with van der Waals surface area (Å²) in [6.07, 6.45) is 4.81. The van der Waals surface area contributed by atoms with Crippen LogP contribution in [0, 0.1) is 5.92 Å². The standard InChI is InChI=1S/C21H31N5O/c1-23-12-8-17(9-13-23)16-25-14-10-18(11-15-25)20-22-24(2)21(27)26(20)19-6-4-3-5-7-19/h3-7,17-18H,8-16H2,1-2H3. The lowest BCUT2D eigenvalue weighted by Gasteiger charge is -2.36. The lowest BCUT2D eigenvalue weighted by Crippen LogP contribution is -2.40. The van der Waals surface area contributed by atoms with Crippen molar-refractivity contribution >= 4 is 0 Å². The molecule has 4 rings (SSSR count). The van der Waals surface area contributed by atoms with Gasteiger partial charge in [-0.3, -0.25) is 0 Å². The Morgan fingerprint density at radius 2 is 1.63 bits per heavy atom. The highest BCUT2D eigenvalue weighted by molar-refractivity contribution is 5.33. The summed E-state index contributed by atoms with van der Waals surface area (Å²) >= 11 is 0. The largest absolute Gasteiger partial charge is 0.350 e. The van der Waals surface area contributed by atoms with Crippen LogP contribution in [-0.2, 0) is 7.05 Å². The zero-order chi connectivity index (χ0) is 18.8. The van der Waals surface area contributed by atoms with E-state index in [0.29, 0.717) is 5.92 Å². The first kappa shape index (κ1) is 18.4. The lowest BCUT2D eigenvalue weighted by molar-refractivity contribution is 0.137. The second-order valence-electron chi connectivity index (χ2n) is 8.26. The third-order valence-corrected chi connectivity index (χ3v) is 6.27. The molecule has 2 aliphatic rings. The summed E-state index contributed by atoms with van der Waals surface area (Å²) in [6, 6.07) is 9.90. The summed E-state index contributed by atoms with van der Waals surface area (Å²) in [6.45, 7) is 5.91. The summed E-state index contributed by atoms with van der Waals surface area (Å²) in [5.74, 6) is 2.12. The third kappa shape index (κ3) is 4.01. The Morgan fingerprint density at radius 3 is 2.30 bits per heavy atom. The van der Waals surface area contributed by atoms with Crippen molar-refractivity contribution in [3.05, 3.63) is 46.6 Å². The van der Waals surface area contributed by atoms with Crippen molar-refractivity contribution in [2.75, 3.05) is 39.8 Å². The maximum atomic E-state index is 12.6. The first-order valence-electron chi connectivity index (χ1n) is 10.2. The minimum absolute atomic E-state index is 0.0510. The summed E-state index contributed by atoms with van der Waals surface area (Å²) in [4.78, 5) is 17.7. The molecule has 0 N–H and O–H groups in total. The summed E-state index contributed by atoms with van der Waals surface area (Å²) in [7, 11) is 3.97. The monoisotopic (exact) mass is 369 g/mol. The molecule has 6 nitrogen and oxygen atoms in total. The predicted octanol–water partition coefficient (Wildman–Crippen LogP) is 2.09. The SMILES string of the molecule is CN1CCC(CN2CCC(c3nn(C)c(=O)n3-c3ccccc3)CC2)CC1. The van der Waals surface area contributed by atoms with E-state index in [0.717, 1.165) is 43.4 Å². The second kappa shape index (κ2) is 7.98. The Bertz CT molecular complexity index is 796. The van der Waals surface area contributed by atoms with Crippen molar-refractivity contribution in [2.24, 2.45) is 13.0 Å². The van der Waals surface area contributed by atoms with Crippen molar-refractivity contribution in [2.45, 2.75) is 31.6 Å². The number of hydrogen-bond donors (Lipinski definition) is 0. The number of aryl methyl sites for hydroxylation is 1. The van der Waals surface area contributed by atoms with Gasteiger partial charge >= 0.3 is 5.69 Å². The minimum atomic E-state index is -0.0510. The second-order valence-corrected chi connectivity index (χ2v) is 8.26. The van der Waals surface area contributed by atoms with E-state index in [-0.39, 0.29) is 5.69 Å². The number of aromatic nitrogens is 3. The van der Waals surface area contributed by atoms with Gasteiger partial charge in [0.25, 0.3) is 0 Å². The Balaban J connectivity index is 1.43. The molecule has 0 atom stereocenters. The van der Waals surface area contributed by atoms with Crippen molar-refractivity contribution in [3.63, 3.8) is 0 Å². The van der Waals surface area contributed by atoms with Gasteiger partial charge in [0.15, 0.2) is 0 Å². The highest BCUT2D eigenvalue weighted by Gasteiger charge is 2.28. The zero-order valence-corrected chi connectivity index (χ0v) is 16.5. The highest BCUT2D eigenvalue weighted by atomic mass is 16.2. The number of nitrogens with zero attached hydrogens (tertiary/aromatic N) is 5. The van der Waals surface area contributed by atoms with Crippen molar-refractivity contribution in [1.82, 2.24) is 24.1 Å². The van der Waals surface area contributed by atoms with Crippen LogP contribution in [0.2, 0.25) is 0 Å². The Morgan fingerprint density at radius 1 is 0.963 bits per heavy atom. The van der Waals surface area contributed by atoms with Crippen molar-refractivity contribution < 1.29 is 0 Å². The summed E-state index contributed by atoms with van der Waals surface area (Å²) < 4.78 is 3.28. The van der Waals surface area contributed by atoms with E-state index in [2.05, 4.69) is 21.9 Å². The number of likely N-dealkylation sites (tertiary alicyclic amines) is 2. The van der Waals surface area contributed by atoms with Crippen LogP contribution in [0.1, 0.15) is 37.4 Å². The molecule has 0 unspecified atom stereocenters. The van der Waals surface area contributed by atoms with Gasteiger partial charge in [0, 0.05) is 19.5 Å². The molecule has 1 aromatic heterocycles.